The predicted molar refractivity (Wildman–Crippen MR) is 76.7 cm³/mol. The first-order chi connectivity index (χ1) is 9.56. The molecule has 3 heterocycles. The molecule has 0 unspecified atom stereocenters. The van der Waals surface area contributed by atoms with Crippen molar-refractivity contribution in [3.63, 3.8) is 0 Å². The van der Waals surface area contributed by atoms with Gasteiger partial charge in [0, 0.05) is 25.4 Å². The van der Waals surface area contributed by atoms with Crippen molar-refractivity contribution in [3.05, 3.63) is 35.1 Å². The van der Waals surface area contributed by atoms with Gasteiger partial charge in [0.25, 0.3) is 0 Å². The van der Waals surface area contributed by atoms with Crippen molar-refractivity contribution >= 4 is 16.9 Å². The van der Waals surface area contributed by atoms with Gasteiger partial charge in [-0.1, -0.05) is 5.16 Å². The standard InChI is InChI=1S/C14H17N5O/c1-8-11(9(2)20-18-8)7-19(4)14-13-12(5-6-15-13)16-10(3)17-14/h5-6,15H,7H2,1-4H3. The Kier molecular flexibility index (Phi) is 2.93. The van der Waals surface area contributed by atoms with E-state index in [-0.39, 0.29) is 0 Å². The number of anilines is 1. The summed E-state index contributed by atoms with van der Waals surface area (Å²) >= 11 is 0. The summed E-state index contributed by atoms with van der Waals surface area (Å²) in [6.45, 7) is 6.49. The Hall–Kier alpha value is -2.37. The molecule has 3 aromatic heterocycles. The maximum atomic E-state index is 5.21. The zero-order valence-corrected chi connectivity index (χ0v) is 12.1. The zero-order valence-electron chi connectivity index (χ0n) is 12.1. The molecule has 0 fully saturated rings. The number of aromatic amines is 1. The highest BCUT2D eigenvalue weighted by Gasteiger charge is 2.16. The quantitative estimate of drug-likeness (QED) is 0.792. The second kappa shape index (κ2) is 4.63. The van der Waals surface area contributed by atoms with Crippen LogP contribution in [0.3, 0.4) is 0 Å². The molecule has 0 amide bonds. The summed E-state index contributed by atoms with van der Waals surface area (Å²) in [6, 6.07) is 1.96. The van der Waals surface area contributed by atoms with Crippen LogP contribution in [-0.4, -0.2) is 27.2 Å². The lowest BCUT2D eigenvalue weighted by Crippen LogP contribution is -2.19. The first kappa shape index (κ1) is 12.7. The minimum Gasteiger partial charge on any atom is -0.361 e. The van der Waals surface area contributed by atoms with E-state index in [4.69, 9.17) is 4.52 Å². The third kappa shape index (κ3) is 2.03. The first-order valence-electron chi connectivity index (χ1n) is 6.51. The molecule has 1 N–H and O–H groups in total. The SMILES string of the molecule is Cc1nc(N(C)Cc2c(C)noc2C)c2[nH]ccc2n1. The lowest BCUT2D eigenvalue weighted by Gasteiger charge is -2.19. The van der Waals surface area contributed by atoms with Gasteiger partial charge >= 0.3 is 0 Å². The topological polar surface area (TPSA) is 70.8 Å². The third-order valence-corrected chi connectivity index (χ3v) is 3.44. The second-order valence-electron chi connectivity index (χ2n) is 4.99. The first-order valence-corrected chi connectivity index (χ1v) is 6.51. The number of aromatic nitrogens is 4. The van der Waals surface area contributed by atoms with Gasteiger partial charge < -0.3 is 14.4 Å². The summed E-state index contributed by atoms with van der Waals surface area (Å²) in [4.78, 5) is 14.2. The highest BCUT2D eigenvalue weighted by atomic mass is 16.5. The molecule has 0 aliphatic rings. The molecule has 0 aliphatic carbocycles. The lowest BCUT2D eigenvalue weighted by molar-refractivity contribution is 0.392. The predicted octanol–water partition coefficient (Wildman–Crippen LogP) is 2.51. The summed E-state index contributed by atoms with van der Waals surface area (Å²) in [5, 5.41) is 3.99. The lowest BCUT2D eigenvalue weighted by atomic mass is 10.2. The highest BCUT2D eigenvalue weighted by molar-refractivity contribution is 5.86. The van der Waals surface area contributed by atoms with Gasteiger partial charge in [-0.05, 0) is 26.8 Å². The van der Waals surface area contributed by atoms with Gasteiger partial charge in [-0.3, -0.25) is 0 Å². The molecule has 104 valence electrons. The Morgan fingerprint density at radius 2 is 2.05 bits per heavy atom. The molecule has 0 saturated carbocycles. The van der Waals surface area contributed by atoms with Crippen molar-refractivity contribution in [1.82, 2.24) is 20.1 Å². The minimum atomic E-state index is 0.700. The minimum absolute atomic E-state index is 0.700. The fraction of sp³-hybridized carbons (Fsp3) is 0.357. The molecule has 0 radical (unpaired) electrons. The number of rotatable bonds is 3. The summed E-state index contributed by atoms with van der Waals surface area (Å²) in [5.74, 6) is 2.50. The van der Waals surface area contributed by atoms with Gasteiger partial charge in [-0.25, -0.2) is 9.97 Å². The molecule has 0 atom stereocenters. The van der Waals surface area contributed by atoms with E-state index in [1.807, 2.05) is 40.1 Å². The highest BCUT2D eigenvalue weighted by Crippen LogP contribution is 2.24. The summed E-state index contributed by atoms with van der Waals surface area (Å²) < 4.78 is 5.21. The van der Waals surface area contributed by atoms with Crippen LogP contribution in [0.2, 0.25) is 0 Å². The van der Waals surface area contributed by atoms with Crippen LogP contribution in [0, 0.1) is 20.8 Å². The average molecular weight is 271 g/mol. The van der Waals surface area contributed by atoms with E-state index in [2.05, 4.69) is 25.0 Å². The number of aryl methyl sites for hydroxylation is 3. The number of hydrogen-bond donors (Lipinski definition) is 1. The monoisotopic (exact) mass is 271 g/mol. The molecule has 3 rings (SSSR count). The number of H-pyrrole nitrogens is 1. The maximum absolute atomic E-state index is 5.21. The van der Waals surface area contributed by atoms with E-state index < -0.39 is 0 Å². The van der Waals surface area contributed by atoms with Crippen LogP contribution < -0.4 is 4.90 Å². The van der Waals surface area contributed by atoms with Gasteiger partial charge in [0.2, 0.25) is 0 Å². The molecular weight excluding hydrogens is 254 g/mol. The summed E-state index contributed by atoms with van der Waals surface area (Å²) in [7, 11) is 2.01. The van der Waals surface area contributed by atoms with Gasteiger partial charge in [0.1, 0.15) is 17.1 Å². The van der Waals surface area contributed by atoms with Crippen LogP contribution in [0.4, 0.5) is 5.82 Å². The molecule has 0 bridgehead atoms. The number of nitrogens with zero attached hydrogens (tertiary/aromatic N) is 4. The van der Waals surface area contributed by atoms with Crippen LogP contribution in [0.1, 0.15) is 22.8 Å². The zero-order chi connectivity index (χ0) is 14.3. The van der Waals surface area contributed by atoms with E-state index in [9.17, 15) is 0 Å². The Balaban J connectivity index is 2.00. The second-order valence-corrected chi connectivity index (χ2v) is 4.99. The Labute approximate surface area is 116 Å². The number of nitrogens with one attached hydrogen (secondary N) is 1. The van der Waals surface area contributed by atoms with Crippen LogP contribution in [0.25, 0.3) is 11.0 Å². The van der Waals surface area contributed by atoms with Crippen molar-refractivity contribution < 1.29 is 4.52 Å². The number of fused-ring (bicyclic) bond motifs is 1. The van der Waals surface area contributed by atoms with Crippen molar-refractivity contribution in [3.8, 4) is 0 Å². The van der Waals surface area contributed by atoms with Crippen LogP contribution in [-0.2, 0) is 6.54 Å². The van der Waals surface area contributed by atoms with Crippen LogP contribution >= 0.6 is 0 Å². The Morgan fingerprint density at radius 1 is 1.25 bits per heavy atom. The molecule has 0 spiro atoms. The summed E-state index contributed by atoms with van der Waals surface area (Å²) in [6.07, 6.45) is 1.88. The van der Waals surface area contributed by atoms with Crippen molar-refractivity contribution in [2.24, 2.45) is 0 Å². The molecule has 3 aromatic rings. The molecule has 0 saturated heterocycles. The molecule has 6 heteroatoms. The molecule has 0 aromatic carbocycles. The van der Waals surface area contributed by atoms with Gasteiger partial charge in [-0.15, -0.1) is 0 Å². The fourth-order valence-corrected chi connectivity index (χ4v) is 2.36. The van der Waals surface area contributed by atoms with Crippen molar-refractivity contribution in [2.45, 2.75) is 27.3 Å². The van der Waals surface area contributed by atoms with E-state index >= 15 is 0 Å². The molecule has 6 nitrogen and oxygen atoms in total. The summed E-state index contributed by atoms with van der Waals surface area (Å²) in [5.41, 5.74) is 3.90. The van der Waals surface area contributed by atoms with Gasteiger partial charge in [-0.2, -0.15) is 0 Å². The third-order valence-electron chi connectivity index (χ3n) is 3.44. The van der Waals surface area contributed by atoms with E-state index in [1.54, 1.807) is 0 Å². The Bertz CT molecular complexity index is 739. The normalized spacial score (nSPS) is 11.2. The van der Waals surface area contributed by atoms with E-state index in [0.717, 1.165) is 39.7 Å². The maximum Gasteiger partial charge on any atom is 0.156 e. The average Bonchev–Trinajstić information content (AvgIpc) is 2.99. The number of hydrogen-bond acceptors (Lipinski definition) is 5. The Morgan fingerprint density at radius 3 is 2.75 bits per heavy atom. The van der Waals surface area contributed by atoms with Crippen molar-refractivity contribution in [1.29, 1.82) is 0 Å². The van der Waals surface area contributed by atoms with E-state index in [0.29, 0.717) is 6.54 Å². The van der Waals surface area contributed by atoms with Gasteiger partial charge in [0.15, 0.2) is 5.82 Å². The van der Waals surface area contributed by atoms with Crippen molar-refractivity contribution in [2.75, 3.05) is 11.9 Å². The van der Waals surface area contributed by atoms with E-state index in [1.165, 1.54) is 0 Å². The largest absolute Gasteiger partial charge is 0.361 e. The molecule has 0 aliphatic heterocycles. The fourth-order valence-electron chi connectivity index (χ4n) is 2.36. The molecular formula is C14H17N5O. The molecule has 20 heavy (non-hydrogen) atoms. The van der Waals surface area contributed by atoms with Gasteiger partial charge in [0.05, 0.1) is 11.2 Å². The smallest absolute Gasteiger partial charge is 0.156 e. The van der Waals surface area contributed by atoms with Crippen LogP contribution in [0.5, 0.6) is 0 Å². The van der Waals surface area contributed by atoms with Crippen LogP contribution in [0.15, 0.2) is 16.8 Å².